The molecule has 1 aliphatic rings. The van der Waals surface area contributed by atoms with Crippen LogP contribution in [-0.4, -0.2) is 66.3 Å². The second-order valence-electron chi connectivity index (χ2n) is 4.68. The Balaban J connectivity index is 2.25. The van der Waals surface area contributed by atoms with E-state index in [1.165, 1.54) is 0 Å². The van der Waals surface area contributed by atoms with Gasteiger partial charge in [0, 0.05) is 38.8 Å². The molecule has 0 spiro atoms. The van der Waals surface area contributed by atoms with Gasteiger partial charge in [-0.15, -0.1) is 6.42 Å². The summed E-state index contributed by atoms with van der Waals surface area (Å²) in [5.74, 6) is 2.62. The second-order valence-corrected chi connectivity index (χ2v) is 4.68. The lowest BCUT2D eigenvalue weighted by Gasteiger charge is -2.34. The lowest BCUT2D eigenvalue weighted by molar-refractivity contribution is 0.145. The number of terminal acetylenes is 1. The zero-order valence-electron chi connectivity index (χ0n) is 11.1. The van der Waals surface area contributed by atoms with Gasteiger partial charge >= 0.3 is 6.03 Å². The Labute approximate surface area is 109 Å². The van der Waals surface area contributed by atoms with E-state index in [0.29, 0.717) is 6.54 Å². The third-order valence-corrected chi connectivity index (χ3v) is 3.14. The predicted molar refractivity (Wildman–Crippen MR) is 71.2 cm³/mol. The molecule has 0 saturated carbocycles. The van der Waals surface area contributed by atoms with Crippen molar-refractivity contribution in [2.45, 2.75) is 25.8 Å². The summed E-state index contributed by atoms with van der Waals surface area (Å²) in [7, 11) is 0. The summed E-state index contributed by atoms with van der Waals surface area (Å²) in [6, 6.07) is 0.0918. The fraction of sp³-hybridized carbons (Fsp3) is 0.769. The van der Waals surface area contributed by atoms with E-state index in [1.807, 2.05) is 11.8 Å². The number of nitrogens with zero attached hydrogens (tertiary/aromatic N) is 2. The number of carbonyl (C=O) groups excluding carboxylic acids is 1. The summed E-state index contributed by atoms with van der Waals surface area (Å²) in [6.07, 6.45) is 6.79. The molecule has 5 nitrogen and oxygen atoms in total. The highest BCUT2D eigenvalue weighted by atomic mass is 16.3. The van der Waals surface area contributed by atoms with Crippen molar-refractivity contribution in [3.8, 4) is 12.3 Å². The topological polar surface area (TPSA) is 55.8 Å². The third kappa shape index (κ3) is 4.94. The first kappa shape index (κ1) is 14.8. The molecule has 0 aliphatic carbocycles. The number of hydrogen-bond acceptors (Lipinski definition) is 3. The van der Waals surface area contributed by atoms with Crippen molar-refractivity contribution in [2.75, 3.05) is 39.3 Å². The van der Waals surface area contributed by atoms with Crippen molar-refractivity contribution in [2.24, 2.45) is 0 Å². The van der Waals surface area contributed by atoms with Crippen molar-refractivity contribution in [3.05, 3.63) is 0 Å². The molecule has 1 heterocycles. The van der Waals surface area contributed by atoms with Crippen LogP contribution in [0.1, 0.15) is 19.8 Å². The average Bonchev–Trinajstić information content (AvgIpc) is 2.37. The Morgan fingerprint density at radius 1 is 1.44 bits per heavy atom. The third-order valence-electron chi connectivity index (χ3n) is 3.14. The first-order chi connectivity index (χ1) is 8.67. The van der Waals surface area contributed by atoms with E-state index >= 15 is 0 Å². The van der Waals surface area contributed by atoms with Gasteiger partial charge in [-0.25, -0.2) is 4.79 Å². The number of amides is 2. The standard InChI is InChI=1S/C13H23N3O2/c1-3-6-15-7-9-16(10-8-15)13(18)14-12(2)5-4-11-17/h1,12,17H,4-11H2,2H3,(H,14,18). The van der Waals surface area contributed by atoms with Crippen LogP contribution in [0.5, 0.6) is 0 Å². The van der Waals surface area contributed by atoms with Gasteiger partial charge in [0.1, 0.15) is 0 Å². The number of aliphatic hydroxyl groups is 1. The van der Waals surface area contributed by atoms with Crippen molar-refractivity contribution >= 4 is 6.03 Å². The molecule has 5 heteroatoms. The quantitative estimate of drug-likeness (QED) is 0.684. The highest BCUT2D eigenvalue weighted by Crippen LogP contribution is 2.03. The van der Waals surface area contributed by atoms with E-state index < -0.39 is 0 Å². The molecule has 0 radical (unpaired) electrons. The normalized spacial score (nSPS) is 18.2. The molecule has 1 aliphatic heterocycles. The minimum Gasteiger partial charge on any atom is -0.396 e. The molecular formula is C13H23N3O2. The Hall–Kier alpha value is -1.25. The van der Waals surface area contributed by atoms with E-state index in [1.54, 1.807) is 0 Å². The van der Waals surface area contributed by atoms with Crippen LogP contribution in [0.2, 0.25) is 0 Å². The minimum atomic E-state index is -0.0132. The fourth-order valence-electron chi connectivity index (χ4n) is 2.01. The van der Waals surface area contributed by atoms with E-state index in [2.05, 4.69) is 16.1 Å². The zero-order chi connectivity index (χ0) is 13.4. The predicted octanol–water partition coefficient (Wildman–Crippen LogP) is 0.108. The molecule has 102 valence electrons. The van der Waals surface area contributed by atoms with Gasteiger partial charge in [-0.3, -0.25) is 4.90 Å². The maximum absolute atomic E-state index is 11.9. The lowest BCUT2D eigenvalue weighted by atomic mass is 10.2. The Morgan fingerprint density at radius 3 is 2.67 bits per heavy atom. The molecule has 0 aromatic heterocycles. The van der Waals surface area contributed by atoms with Crippen molar-refractivity contribution in [3.63, 3.8) is 0 Å². The molecule has 1 unspecified atom stereocenters. The number of urea groups is 1. The molecular weight excluding hydrogens is 230 g/mol. The number of hydrogen-bond donors (Lipinski definition) is 2. The van der Waals surface area contributed by atoms with Crippen molar-refractivity contribution < 1.29 is 9.90 Å². The van der Waals surface area contributed by atoms with Gasteiger partial charge in [0.2, 0.25) is 0 Å². The summed E-state index contributed by atoms with van der Waals surface area (Å²) in [4.78, 5) is 15.9. The summed E-state index contributed by atoms with van der Waals surface area (Å²) in [6.45, 7) is 5.90. The lowest BCUT2D eigenvalue weighted by Crippen LogP contribution is -2.53. The van der Waals surface area contributed by atoms with Gasteiger partial charge < -0.3 is 15.3 Å². The van der Waals surface area contributed by atoms with Crippen LogP contribution in [0.25, 0.3) is 0 Å². The second kappa shape index (κ2) is 7.96. The zero-order valence-corrected chi connectivity index (χ0v) is 11.1. The maximum Gasteiger partial charge on any atom is 0.317 e. The molecule has 0 aromatic rings. The van der Waals surface area contributed by atoms with Gasteiger partial charge in [-0.2, -0.15) is 0 Å². The molecule has 0 aromatic carbocycles. The van der Waals surface area contributed by atoms with Gasteiger partial charge in [0.05, 0.1) is 6.54 Å². The first-order valence-electron chi connectivity index (χ1n) is 6.49. The van der Waals surface area contributed by atoms with E-state index in [9.17, 15) is 4.79 Å². The van der Waals surface area contributed by atoms with Gasteiger partial charge in [0.15, 0.2) is 0 Å². The molecule has 18 heavy (non-hydrogen) atoms. The smallest absolute Gasteiger partial charge is 0.317 e. The van der Waals surface area contributed by atoms with Crippen LogP contribution in [-0.2, 0) is 0 Å². The van der Waals surface area contributed by atoms with Crippen LogP contribution in [0.4, 0.5) is 4.79 Å². The van der Waals surface area contributed by atoms with Crippen LogP contribution in [0, 0.1) is 12.3 Å². The fourth-order valence-corrected chi connectivity index (χ4v) is 2.01. The van der Waals surface area contributed by atoms with Crippen LogP contribution >= 0.6 is 0 Å². The number of rotatable bonds is 5. The summed E-state index contributed by atoms with van der Waals surface area (Å²) in [5.41, 5.74) is 0. The van der Waals surface area contributed by atoms with Crippen LogP contribution < -0.4 is 5.32 Å². The molecule has 1 rings (SSSR count). The molecule has 1 atom stereocenters. The Kier molecular flexibility index (Phi) is 6.55. The van der Waals surface area contributed by atoms with E-state index in [0.717, 1.165) is 39.0 Å². The molecule has 2 amide bonds. The van der Waals surface area contributed by atoms with Gasteiger partial charge in [-0.1, -0.05) is 5.92 Å². The molecule has 1 saturated heterocycles. The molecule has 1 fully saturated rings. The number of piperazine rings is 1. The van der Waals surface area contributed by atoms with Gasteiger partial charge in [0.25, 0.3) is 0 Å². The monoisotopic (exact) mass is 253 g/mol. The van der Waals surface area contributed by atoms with E-state index in [-0.39, 0.29) is 18.7 Å². The molecule has 0 bridgehead atoms. The van der Waals surface area contributed by atoms with Crippen LogP contribution in [0.3, 0.4) is 0 Å². The SMILES string of the molecule is C#CCN1CCN(C(=O)NC(C)CCCO)CC1. The first-order valence-corrected chi connectivity index (χ1v) is 6.49. The largest absolute Gasteiger partial charge is 0.396 e. The Morgan fingerprint density at radius 2 is 2.11 bits per heavy atom. The number of carbonyl (C=O) groups is 1. The highest BCUT2D eigenvalue weighted by molar-refractivity contribution is 5.74. The van der Waals surface area contributed by atoms with Crippen molar-refractivity contribution in [1.82, 2.24) is 15.1 Å². The van der Waals surface area contributed by atoms with Crippen molar-refractivity contribution in [1.29, 1.82) is 0 Å². The minimum absolute atomic E-state index is 0.0132. The summed E-state index contributed by atoms with van der Waals surface area (Å²) >= 11 is 0. The number of nitrogens with one attached hydrogen (secondary N) is 1. The maximum atomic E-state index is 11.9. The average molecular weight is 253 g/mol. The van der Waals surface area contributed by atoms with Gasteiger partial charge in [-0.05, 0) is 19.8 Å². The Bertz CT molecular complexity index is 293. The number of aliphatic hydroxyl groups excluding tert-OH is 1. The van der Waals surface area contributed by atoms with Crippen LogP contribution in [0.15, 0.2) is 0 Å². The summed E-state index contributed by atoms with van der Waals surface area (Å²) in [5, 5.41) is 11.7. The molecule has 2 N–H and O–H groups in total. The summed E-state index contributed by atoms with van der Waals surface area (Å²) < 4.78 is 0. The highest BCUT2D eigenvalue weighted by Gasteiger charge is 2.21. The van der Waals surface area contributed by atoms with E-state index in [4.69, 9.17) is 11.5 Å².